The molecule has 0 aromatic carbocycles. The van der Waals surface area contributed by atoms with Crippen molar-refractivity contribution >= 4 is 0 Å². The summed E-state index contributed by atoms with van der Waals surface area (Å²) in [5.41, 5.74) is 1.36. The van der Waals surface area contributed by atoms with Gasteiger partial charge in [0.05, 0.1) is 0 Å². The molecule has 0 unspecified atom stereocenters. The average molecular weight is 158 g/mol. The van der Waals surface area contributed by atoms with Crippen molar-refractivity contribution in [2.24, 2.45) is 0 Å². The van der Waals surface area contributed by atoms with Crippen molar-refractivity contribution in [1.82, 2.24) is 0 Å². The van der Waals surface area contributed by atoms with Crippen molar-refractivity contribution in [3.63, 3.8) is 0 Å². The molecule has 0 saturated heterocycles. The molecule has 1 aliphatic carbocycles. The van der Waals surface area contributed by atoms with Gasteiger partial charge in [0.2, 0.25) is 0 Å². The van der Waals surface area contributed by atoms with Crippen molar-refractivity contribution in [1.29, 1.82) is 0 Å². The lowest BCUT2D eigenvalue weighted by Gasteiger charge is -1.97. The Hall–Kier alpha value is -0.330. The maximum Gasteiger partial charge on any atom is 0.104 e. The third-order valence-electron chi connectivity index (χ3n) is 1.81. The molecule has 1 aliphatic rings. The molecule has 0 nitrogen and oxygen atoms in total. The zero-order valence-electron chi connectivity index (χ0n) is 7.86. The van der Waals surface area contributed by atoms with Crippen molar-refractivity contribution in [2.45, 2.75) is 52.6 Å². The van der Waals surface area contributed by atoms with Gasteiger partial charge >= 0.3 is 0 Å². The van der Waals surface area contributed by atoms with Gasteiger partial charge in [-0.05, 0) is 32.6 Å². The van der Waals surface area contributed by atoms with Gasteiger partial charge in [0.25, 0.3) is 0 Å². The number of allylic oxidation sites excluding steroid dienone is 2. The molecule has 66 valence electrons. The van der Waals surface area contributed by atoms with Gasteiger partial charge in [-0.1, -0.05) is 25.5 Å². The minimum absolute atomic E-state index is 0.567. The molecule has 0 amide bonds. The quantitative estimate of drug-likeness (QED) is 0.469. The van der Waals surface area contributed by atoms with Crippen LogP contribution in [0.25, 0.3) is 0 Å². The van der Waals surface area contributed by atoms with Crippen LogP contribution in [0, 0.1) is 0 Å². The molecule has 0 radical (unpaired) electrons. The van der Waals surface area contributed by atoms with Crippen LogP contribution >= 0.6 is 0 Å². The lowest BCUT2D eigenvalue weighted by atomic mass is 10.1. The maximum atomic E-state index is 12.6. The smallest absolute Gasteiger partial charge is 0.104 e. The standard InChI is InChI=1S/C8H13F.C2H6/c1-7-3-2-4-8(9)6-5-7;1-2/h5,8H,2-4,6H2,1H3;1-2H3/t8-;/m1./s1. The highest BCUT2D eigenvalue weighted by Gasteiger charge is 2.07. The van der Waals surface area contributed by atoms with Crippen LogP contribution in [0.3, 0.4) is 0 Å². The van der Waals surface area contributed by atoms with Crippen LogP contribution in [-0.2, 0) is 0 Å². The Bertz CT molecular complexity index is 116. The van der Waals surface area contributed by atoms with Crippen LogP contribution in [-0.4, -0.2) is 6.17 Å². The normalized spacial score (nSPS) is 24.4. The number of halogens is 1. The minimum atomic E-state index is -0.567. The summed E-state index contributed by atoms with van der Waals surface area (Å²) in [6.07, 6.45) is 4.99. The Morgan fingerprint density at radius 1 is 1.45 bits per heavy atom. The first-order valence-electron chi connectivity index (χ1n) is 4.59. The van der Waals surface area contributed by atoms with Gasteiger partial charge in [-0.15, -0.1) is 0 Å². The Balaban J connectivity index is 0.000000461. The van der Waals surface area contributed by atoms with Crippen LogP contribution in [0.5, 0.6) is 0 Å². The number of alkyl halides is 1. The first-order chi connectivity index (χ1) is 5.29. The molecule has 0 aromatic rings. The van der Waals surface area contributed by atoms with E-state index in [2.05, 4.69) is 6.92 Å². The second kappa shape index (κ2) is 6.38. The summed E-state index contributed by atoms with van der Waals surface area (Å²) in [5.74, 6) is 0. The number of hydrogen-bond acceptors (Lipinski definition) is 0. The van der Waals surface area contributed by atoms with E-state index in [1.54, 1.807) is 0 Å². The third-order valence-corrected chi connectivity index (χ3v) is 1.81. The average Bonchev–Trinajstić information content (AvgIpc) is 2.20. The summed E-state index contributed by atoms with van der Waals surface area (Å²) in [6, 6.07) is 0. The van der Waals surface area contributed by atoms with Crippen molar-refractivity contribution < 1.29 is 4.39 Å². The molecule has 11 heavy (non-hydrogen) atoms. The van der Waals surface area contributed by atoms with E-state index >= 15 is 0 Å². The number of rotatable bonds is 0. The predicted molar refractivity (Wildman–Crippen MR) is 48.5 cm³/mol. The highest BCUT2D eigenvalue weighted by atomic mass is 19.1. The number of hydrogen-bond donors (Lipinski definition) is 0. The molecule has 0 aliphatic heterocycles. The van der Waals surface area contributed by atoms with E-state index in [0.29, 0.717) is 6.42 Å². The van der Waals surface area contributed by atoms with Crippen molar-refractivity contribution in [3.05, 3.63) is 11.6 Å². The maximum absolute atomic E-state index is 12.6. The lowest BCUT2D eigenvalue weighted by Crippen LogP contribution is -1.94. The Morgan fingerprint density at radius 2 is 2.09 bits per heavy atom. The van der Waals surface area contributed by atoms with Crippen LogP contribution in [0.2, 0.25) is 0 Å². The van der Waals surface area contributed by atoms with Gasteiger partial charge in [-0.25, -0.2) is 4.39 Å². The monoisotopic (exact) mass is 158 g/mol. The van der Waals surface area contributed by atoms with E-state index < -0.39 is 6.17 Å². The van der Waals surface area contributed by atoms with E-state index in [1.165, 1.54) is 5.57 Å². The Morgan fingerprint density at radius 3 is 2.73 bits per heavy atom. The van der Waals surface area contributed by atoms with Gasteiger partial charge in [-0.3, -0.25) is 0 Å². The third kappa shape index (κ3) is 5.00. The van der Waals surface area contributed by atoms with Crippen LogP contribution < -0.4 is 0 Å². The van der Waals surface area contributed by atoms with Crippen molar-refractivity contribution in [3.8, 4) is 0 Å². The highest BCUT2D eigenvalue weighted by molar-refractivity contribution is 5.00. The summed E-state index contributed by atoms with van der Waals surface area (Å²) < 4.78 is 12.6. The van der Waals surface area contributed by atoms with Gasteiger partial charge in [-0.2, -0.15) is 0 Å². The SMILES string of the molecule is CC.CC1=CC[C@H](F)CCC1. The van der Waals surface area contributed by atoms with E-state index in [4.69, 9.17) is 0 Å². The molecule has 0 heterocycles. The predicted octanol–water partition coefficient (Wildman–Crippen LogP) is 3.87. The zero-order valence-corrected chi connectivity index (χ0v) is 7.86. The van der Waals surface area contributed by atoms with Crippen molar-refractivity contribution in [2.75, 3.05) is 0 Å². The lowest BCUT2D eigenvalue weighted by molar-refractivity contribution is 0.316. The first kappa shape index (κ1) is 10.7. The summed E-state index contributed by atoms with van der Waals surface area (Å²) >= 11 is 0. The fraction of sp³-hybridized carbons (Fsp3) is 0.800. The van der Waals surface area contributed by atoms with Gasteiger partial charge in [0.15, 0.2) is 0 Å². The highest BCUT2D eigenvalue weighted by Crippen LogP contribution is 2.18. The van der Waals surface area contributed by atoms with E-state index in [-0.39, 0.29) is 0 Å². The molecule has 0 spiro atoms. The molecular formula is C10H19F. The van der Waals surface area contributed by atoms with Crippen LogP contribution in [0.15, 0.2) is 11.6 Å². The van der Waals surface area contributed by atoms with Crippen LogP contribution in [0.4, 0.5) is 4.39 Å². The zero-order chi connectivity index (χ0) is 8.69. The molecule has 1 rings (SSSR count). The molecule has 0 bridgehead atoms. The minimum Gasteiger partial charge on any atom is -0.247 e. The van der Waals surface area contributed by atoms with Gasteiger partial charge in [0, 0.05) is 0 Å². The van der Waals surface area contributed by atoms with Crippen LogP contribution in [0.1, 0.15) is 46.5 Å². The molecule has 0 aromatic heterocycles. The fourth-order valence-electron chi connectivity index (χ4n) is 1.15. The van der Waals surface area contributed by atoms with E-state index in [1.807, 2.05) is 19.9 Å². The molecule has 1 heteroatoms. The first-order valence-corrected chi connectivity index (χ1v) is 4.59. The van der Waals surface area contributed by atoms with Gasteiger partial charge < -0.3 is 0 Å². The summed E-state index contributed by atoms with van der Waals surface area (Å²) in [7, 11) is 0. The van der Waals surface area contributed by atoms with Gasteiger partial charge in [0.1, 0.15) is 6.17 Å². The molecule has 0 N–H and O–H groups in total. The topological polar surface area (TPSA) is 0 Å². The summed E-state index contributed by atoms with van der Waals surface area (Å²) in [5, 5.41) is 0. The Kier molecular flexibility index (Phi) is 6.19. The van der Waals surface area contributed by atoms with E-state index in [9.17, 15) is 4.39 Å². The second-order valence-corrected chi connectivity index (χ2v) is 2.78. The molecular weight excluding hydrogens is 139 g/mol. The second-order valence-electron chi connectivity index (χ2n) is 2.78. The molecule has 0 saturated carbocycles. The molecule has 0 fully saturated rings. The molecule has 1 atom stereocenters. The fourth-order valence-corrected chi connectivity index (χ4v) is 1.15. The largest absolute Gasteiger partial charge is 0.247 e. The summed E-state index contributed by atoms with van der Waals surface area (Å²) in [6.45, 7) is 6.08. The van der Waals surface area contributed by atoms with E-state index in [0.717, 1.165) is 19.3 Å². The summed E-state index contributed by atoms with van der Waals surface area (Å²) in [4.78, 5) is 0. The Labute approximate surface area is 69.5 Å².